The highest BCUT2D eigenvalue weighted by Crippen LogP contribution is 2.24. The number of carbonyl (C=O) groups is 1. The van der Waals surface area contributed by atoms with Crippen LogP contribution in [0.4, 0.5) is 0 Å². The van der Waals surface area contributed by atoms with Gasteiger partial charge < -0.3 is 14.8 Å². The van der Waals surface area contributed by atoms with Gasteiger partial charge in [-0.25, -0.2) is 0 Å². The van der Waals surface area contributed by atoms with E-state index >= 15 is 0 Å². The average molecular weight is 273 g/mol. The summed E-state index contributed by atoms with van der Waals surface area (Å²) >= 11 is 0. The van der Waals surface area contributed by atoms with Crippen LogP contribution >= 0.6 is 0 Å². The summed E-state index contributed by atoms with van der Waals surface area (Å²) in [6, 6.07) is 13.7. The molecule has 106 valence electrons. The number of nitrogens with one attached hydrogen (secondary N) is 1. The molecule has 2 aromatic carbocycles. The maximum atomic E-state index is 11.7. The number of benzene rings is 2. The van der Waals surface area contributed by atoms with Gasteiger partial charge in [-0.05, 0) is 18.4 Å². The lowest BCUT2D eigenvalue weighted by Crippen LogP contribution is -2.38. The standard InChI is InChI=1S/C16H19NO3/c1-12(10-19-2)17-16(18)11-20-15-9-5-7-13-6-3-4-8-14(13)15/h3-9,12H,10-11H2,1-2H3,(H,17,18)/t12-/m1/s1. The molecule has 0 aliphatic rings. The van der Waals surface area contributed by atoms with Crippen LogP contribution in [0.15, 0.2) is 42.5 Å². The first-order valence-corrected chi connectivity index (χ1v) is 6.59. The molecule has 0 saturated heterocycles. The van der Waals surface area contributed by atoms with Crippen molar-refractivity contribution >= 4 is 16.7 Å². The first-order chi connectivity index (χ1) is 9.70. The molecule has 2 rings (SSSR count). The molecule has 0 heterocycles. The highest BCUT2D eigenvalue weighted by Gasteiger charge is 2.08. The minimum absolute atomic E-state index is 0.00205. The Kier molecular flexibility index (Phi) is 4.96. The number of fused-ring (bicyclic) bond motifs is 1. The number of hydrogen-bond acceptors (Lipinski definition) is 3. The summed E-state index contributed by atoms with van der Waals surface area (Å²) in [5, 5.41) is 4.91. The fourth-order valence-corrected chi connectivity index (χ4v) is 2.07. The van der Waals surface area contributed by atoms with Gasteiger partial charge in [0, 0.05) is 18.5 Å². The van der Waals surface area contributed by atoms with Crippen molar-refractivity contribution in [1.82, 2.24) is 5.32 Å². The van der Waals surface area contributed by atoms with Crippen molar-refractivity contribution in [3.63, 3.8) is 0 Å². The Hall–Kier alpha value is -2.07. The third-order valence-electron chi connectivity index (χ3n) is 2.93. The lowest BCUT2D eigenvalue weighted by molar-refractivity contribution is -0.124. The van der Waals surface area contributed by atoms with E-state index in [1.54, 1.807) is 7.11 Å². The fraction of sp³-hybridized carbons (Fsp3) is 0.312. The molecule has 0 radical (unpaired) electrons. The largest absolute Gasteiger partial charge is 0.483 e. The van der Waals surface area contributed by atoms with Gasteiger partial charge in [0.25, 0.3) is 5.91 Å². The molecule has 1 N–H and O–H groups in total. The van der Waals surface area contributed by atoms with Gasteiger partial charge in [0.1, 0.15) is 5.75 Å². The number of hydrogen-bond donors (Lipinski definition) is 1. The van der Waals surface area contributed by atoms with E-state index in [2.05, 4.69) is 5.32 Å². The van der Waals surface area contributed by atoms with Crippen LogP contribution in [0.3, 0.4) is 0 Å². The maximum Gasteiger partial charge on any atom is 0.258 e. The minimum atomic E-state index is -0.150. The van der Waals surface area contributed by atoms with Crippen LogP contribution in [-0.2, 0) is 9.53 Å². The zero-order valence-electron chi connectivity index (χ0n) is 11.8. The van der Waals surface area contributed by atoms with Crippen molar-refractivity contribution < 1.29 is 14.3 Å². The van der Waals surface area contributed by atoms with E-state index in [4.69, 9.17) is 9.47 Å². The molecule has 2 aromatic rings. The van der Waals surface area contributed by atoms with E-state index in [0.29, 0.717) is 6.61 Å². The monoisotopic (exact) mass is 273 g/mol. The minimum Gasteiger partial charge on any atom is -0.483 e. The lowest BCUT2D eigenvalue weighted by Gasteiger charge is -2.14. The lowest BCUT2D eigenvalue weighted by atomic mass is 10.1. The SMILES string of the molecule is COC[C@@H](C)NC(=O)COc1cccc2ccccc12. The molecule has 0 spiro atoms. The van der Waals surface area contributed by atoms with Crippen molar-refractivity contribution in [3.8, 4) is 5.75 Å². The van der Waals surface area contributed by atoms with Crippen LogP contribution in [0.2, 0.25) is 0 Å². The normalized spacial score (nSPS) is 12.1. The Balaban J connectivity index is 1.97. The molecule has 1 atom stereocenters. The molecule has 0 unspecified atom stereocenters. The van der Waals surface area contributed by atoms with Gasteiger partial charge in [-0.3, -0.25) is 4.79 Å². The molecule has 4 heteroatoms. The van der Waals surface area contributed by atoms with Crippen LogP contribution in [0.5, 0.6) is 5.75 Å². The summed E-state index contributed by atoms with van der Waals surface area (Å²) in [6.45, 7) is 2.38. The van der Waals surface area contributed by atoms with Crippen molar-refractivity contribution in [2.75, 3.05) is 20.3 Å². The van der Waals surface area contributed by atoms with Crippen LogP contribution in [-0.4, -0.2) is 32.3 Å². The predicted octanol–water partition coefficient (Wildman–Crippen LogP) is 2.37. The van der Waals surface area contributed by atoms with E-state index in [0.717, 1.165) is 16.5 Å². The van der Waals surface area contributed by atoms with Gasteiger partial charge >= 0.3 is 0 Å². The number of methoxy groups -OCH3 is 1. The van der Waals surface area contributed by atoms with Gasteiger partial charge in [-0.2, -0.15) is 0 Å². The van der Waals surface area contributed by atoms with E-state index < -0.39 is 0 Å². The summed E-state index contributed by atoms with van der Waals surface area (Å²) < 4.78 is 10.6. The molecule has 0 aliphatic heterocycles. The van der Waals surface area contributed by atoms with Crippen LogP contribution < -0.4 is 10.1 Å². The molecule has 1 amide bonds. The van der Waals surface area contributed by atoms with E-state index in [9.17, 15) is 4.79 Å². The van der Waals surface area contributed by atoms with Crippen molar-refractivity contribution in [2.45, 2.75) is 13.0 Å². The summed E-state index contributed by atoms with van der Waals surface area (Å²) in [4.78, 5) is 11.7. The quantitative estimate of drug-likeness (QED) is 0.879. The topological polar surface area (TPSA) is 47.6 Å². The summed E-state index contributed by atoms with van der Waals surface area (Å²) in [7, 11) is 1.61. The smallest absolute Gasteiger partial charge is 0.258 e. The zero-order valence-corrected chi connectivity index (χ0v) is 11.8. The highest BCUT2D eigenvalue weighted by atomic mass is 16.5. The van der Waals surface area contributed by atoms with E-state index in [1.807, 2.05) is 49.4 Å². The Bertz CT molecular complexity index is 577. The van der Waals surface area contributed by atoms with Gasteiger partial charge in [-0.15, -0.1) is 0 Å². The first kappa shape index (κ1) is 14.3. The van der Waals surface area contributed by atoms with Crippen LogP contribution in [0.25, 0.3) is 10.8 Å². The van der Waals surface area contributed by atoms with Gasteiger partial charge in [0.15, 0.2) is 6.61 Å². The van der Waals surface area contributed by atoms with Gasteiger partial charge in [0.2, 0.25) is 0 Å². The molecule has 0 bridgehead atoms. The molecule has 0 aliphatic carbocycles. The van der Waals surface area contributed by atoms with Gasteiger partial charge in [0.05, 0.1) is 6.61 Å². The average Bonchev–Trinajstić information content (AvgIpc) is 2.45. The van der Waals surface area contributed by atoms with Gasteiger partial charge in [-0.1, -0.05) is 36.4 Å². The van der Waals surface area contributed by atoms with Crippen LogP contribution in [0.1, 0.15) is 6.92 Å². The van der Waals surface area contributed by atoms with E-state index in [-0.39, 0.29) is 18.6 Å². The maximum absolute atomic E-state index is 11.7. The summed E-state index contributed by atoms with van der Waals surface area (Å²) in [5.41, 5.74) is 0. The number of rotatable bonds is 6. The summed E-state index contributed by atoms with van der Waals surface area (Å²) in [6.07, 6.45) is 0. The number of ether oxygens (including phenoxy) is 2. The second kappa shape index (κ2) is 6.91. The second-order valence-corrected chi connectivity index (χ2v) is 4.69. The third-order valence-corrected chi connectivity index (χ3v) is 2.93. The molecular weight excluding hydrogens is 254 g/mol. The molecule has 0 fully saturated rings. The number of amides is 1. The fourth-order valence-electron chi connectivity index (χ4n) is 2.07. The van der Waals surface area contributed by atoms with Crippen molar-refractivity contribution in [1.29, 1.82) is 0 Å². The zero-order chi connectivity index (χ0) is 14.4. The molecule has 20 heavy (non-hydrogen) atoms. The van der Waals surface area contributed by atoms with Crippen LogP contribution in [0, 0.1) is 0 Å². The Morgan fingerprint density at radius 2 is 1.95 bits per heavy atom. The Morgan fingerprint density at radius 1 is 1.20 bits per heavy atom. The molecule has 0 saturated carbocycles. The third kappa shape index (κ3) is 3.71. The Morgan fingerprint density at radius 3 is 2.75 bits per heavy atom. The molecule has 0 aromatic heterocycles. The second-order valence-electron chi connectivity index (χ2n) is 4.69. The van der Waals surface area contributed by atoms with Crippen molar-refractivity contribution in [3.05, 3.63) is 42.5 Å². The molecule has 4 nitrogen and oxygen atoms in total. The van der Waals surface area contributed by atoms with Crippen molar-refractivity contribution in [2.24, 2.45) is 0 Å². The number of carbonyl (C=O) groups excluding carboxylic acids is 1. The molecular formula is C16H19NO3. The first-order valence-electron chi connectivity index (χ1n) is 6.59. The predicted molar refractivity (Wildman–Crippen MR) is 78.9 cm³/mol. The highest BCUT2D eigenvalue weighted by molar-refractivity contribution is 5.88. The Labute approximate surface area is 118 Å². The summed E-state index contributed by atoms with van der Waals surface area (Å²) in [5.74, 6) is 0.570. The van der Waals surface area contributed by atoms with E-state index in [1.165, 1.54) is 0 Å².